The first-order valence-corrected chi connectivity index (χ1v) is 7.29. The van der Waals surface area contributed by atoms with Crippen LogP contribution in [-0.2, 0) is 0 Å². The second-order valence-electron chi connectivity index (χ2n) is 4.81. The highest BCUT2D eigenvalue weighted by atomic mass is 35.5. The summed E-state index contributed by atoms with van der Waals surface area (Å²) in [6, 6.07) is 26.6. The van der Waals surface area contributed by atoms with Crippen molar-refractivity contribution in [1.29, 1.82) is 0 Å². The number of benzene rings is 3. The molecule has 0 spiro atoms. The normalized spacial score (nSPS) is 10.9. The largest absolute Gasteiger partial charge is 0.0837 e. The van der Waals surface area contributed by atoms with Crippen molar-refractivity contribution in [2.75, 3.05) is 0 Å². The smallest absolute Gasteiger partial charge is 0.0484 e. The van der Waals surface area contributed by atoms with Gasteiger partial charge in [0.15, 0.2) is 0 Å². The molecule has 21 heavy (non-hydrogen) atoms. The number of halogens is 1. The fraction of sp³-hybridized carbons (Fsp3) is 0. The SMILES string of the molecule is Clc1cccc(-c2ccccc2)c1/C=C/c1ccccc1. The minimum absolute atomic E-state index is 0.767. The van der Waals surface area contributed by atoms with Crippen LogP contribution in [0.5, 0.6) is 0 Å². The van der Waals surface area contributed by atoms with Crippen LogP contribution in [-0.4, -0.2) is 0 Å². The third kappa shape index (κ3) is 3.24. The van der Waals surface area contributed by atoms with Crippen LogP contribution in [0.15, 0.2) is 78.9 Å². The highest BCUT2D eigenvalue weighted by Gasteiger charge is 2.05. The lowest BCUT2D eigenvalue weighted by Gasteiger charge is -2.08. The van der Waals surface area contributed by atoms with Crippen molar-refractivity contribution in [2.24, 2.45) is 0 Å². The summed E-state index contributed by atoms with van der Waals surface area (Å²) in [7, 11) is 0. The van der Waals surface area contributed by atoms with Gasteiger partial charge in [0, 0.05) is 10.6 Å². The molecule has 1 heteroatoms. The maximum absolute atomic E-state index is 6.39. The van der Waals surface area contributed by atoms with Gasteiger partial charge in [0.25, 0.3) is 0 Å². The number of rotatable bonds is 3. The van der Waals surface area contributed by atoms with E-state index in [0.717, 1.165) is 21.7 Å². The van der Waals surface area contributed by atoms with Crippen LogP contribution >= 0.6 is 11.6 Å². The van der Waals surface area contributed by atoms with E-state index in [0.29, 0.717) is 0 Å². The van der Waals surface area contributed by atoms with Crippen LogP contribution in [0, 0.1) is 0 Å². The van der Waals surface area contributed by atoms with Gasteiger partial charge in [0.05, 0.1) is 0 Å². The molecule has 0 bridgehead atoms. The van der Waals surface area contributed by atoms with Crippen molar-refractivity contribution < 1.29 is 0 Å². The average Bonchev–Trinajstić information content (AvgIpc) is 2.55. The van der Waals surface area contributed by atoms with E-state index in [2.05, 4.69) is 42.5 Å². The molecule has 0 aliphatic carbocycles. The fourth-order valence-corrected chi connectivity index (χ4v) is 2.56. The Bertz CT molecular complexity index is 743. The molecule has 3 aromatic rings. The van der Waals surface area contributed by atoms with Crippen LogP contribution in [0.25, 0.3) is 23.3 Å². The summed E-state index contributed by atoms with van der Waals surface area (Å²) in [4.78, 5) is 0. The van der Waals surface area contributed by atoms with Crippen LogP contribution in [0.2, 0.25) is 5.02 Å². The fourth-order valence-electron chi connectivity index (χ4n) is 2.32. The standard InChI is InChI=1S/C20H15Cl/c21-20-13-7-12-18(17-10-5-2-6-11-17)19(20)15-14-16-8-3-1-4-9-16/h1-15H/b15-14+. The molecule has 3 aromatic carbocycles. The van der Waals surface area contributed by atoms with Crippen molar-refractivity contribution in [2.45, 2.75) is 0 Å². The van der Waals surface area contributed by atoms with Gasteiger partial charge in [-0.05, 0) is 22.8 Å². The summed E-state index contributed by atoms with van der Waals surface area (Å²) in [5.74, 6) is 0. The molecule has 0 heterocycles. The lowest BCUT2D eigenvalue weighted by molar-refractivity contribution is 1.59. The summed E-state index contributed by atoms with van der Waals surface area (Å²) in [5.41, 5.74) is 4.54. The van der Waals surface area contributed by atoms with Gasteiger partial charge < -0.3 is 0 Å². The molecule has 102 valence electrons. The summed E-state index contributed by atoms with van der Waals surface area (Å²) in [6.45, 7) is 0. The molecule has 0 unspecified atom stereocenters. The second-order valence-corrected chi connectivity index (χ2v) is 5.22. The van der Waals surface area contributed by atoms with Crippen molar-refractivity contribution >= 4 is 23.8 Å². The van der Waals surface area contributed by atoms with Crippen LogP contribution < -0.4 is 0 Å². The predicted molar refractivity (Wildman–Crippen MR) is 92.3 cm³/mol. The first-order valence-electron chi connectivity index (χ1n) is 6.92. The first-order chi connectivity index (χ1) is 10.3. The molecule has 0 aliphatic heterocycles. The van der Waals surface area contributed by atoms with Crippen molar-refractivity contribution in [3.63, 3.8) is 0 Å². The zero-order valence-corrected chi connectivity index (χ0v) is 12.3. The summed E-state index contributed by atoms with van der Waals surface area (Å²) < 4.78 is 0. The average molecular weight is 291 g/mol. The van der Waals surface area contributed by atoms with Gasteiger partial charge in [0.2, 0.25) is 0 Å². The van der Waals surface area contributed by atoms with Gasteiger partial charge >= 0.3 is 0 Å². The van der Waals surface area contributed by atoms with E-state index in [1.165, 1.54) is 5.56 Å². The van der Waals surface area contributed by atoms with Crippen LogP contribution in [0.4, 0.5) is 0 Å². The molecule has 0 N–H and O–H groups in total. The van der Waals surface area contributed by atoms with E-state index in [1.54, 1.807) is 0 Å². The Morgan fingerprint density at radius 2 is 1.29 bits per heavy atom. The van der Waals surface area contributed by atoms with Gasteiger partial charge in [-0.15, -0.1) is 0 Å². The third-order valence-corrected chi connectivity index (χ3v) is 3.71. The van der Waals surface area contributed by atoms with Crippen molar-refractivity contribution in [3.8, 4) is 11.1 Å². The molecule has 0 saturated carbocycles. The Balaban J connectivity index is 2.04. The van der Waals surface area contributed by atoms with Gasteiger partial charge in [-0.2, -0.15) is 0 Å². The molecule has 0 atom stereocenters. The Morgan fingerprint density at radius 3 is 2.00 bits per heavy atom. The van der Waals surface area contributed by atoms with Gasteiger partial charge in [-0.3, -0.25) is 0 Å². The molecule has 0 saturated heterocycles. The van der Waals surface area contributed by atoms with E-state index < -0.39 is 0 Å². The molecule has 0 aromatic heterocycles. The lowest BCUT2D eigenvalue weighted by atomic mass is 9.99. The molecule has 0 radical (unpaired) electrons. The monoisotopic (exact) mass is 290 g/mol. The van der Waals surface area contributed by atoms with Crippen LogP contribution in [0.1, 0.15) is 11.1 Å². The Hall–Kier alpha value is -2.31. The lowest BCUT2D eigenvalue weighted by Crippen LogP contribution is -1.84. The van der Waals surface area contributed by atoms with Crippen LogP contribution in [0.3, 0.4) is 0 Å². The second kappa shape index (κ2) is 6.43. The maximum atomic E-state index is 6.39. The summed E-state index contributed by atoms with van der Waals surface area (Å²) in [5, 5.41) is 0.767. The van der Waals surface area contributed by atoms with Crippen molar-refractivity contribution in [3.05, 3.63) is 95.0 Å². The zero-order chi connectivity index (χ0) is 14.5. The van der Waals surface area contributed by atoms with Gasteiger partial charge in [-0.1, -0.05) is 96.5 Å². The van der Waals surface area contributed by atoms with E-state index in [1.807, 2.05) is 48.5 Å². The molecular formula is C20H15Cl. The molecule has 0 fully saturated rings. The van der Waals surface area contributed by atoms with E-state index in [-0.39, 0.29) is 0 Å². The summed E-state index contributed by atoms with van der Waals surface area (Å²) in [6.07, 6.45) is 4.17. The predicted octanol–water partition coefficient (Wildman–Crippen LogP) is 6.18. The quantitative estimate of drug-likeness (QED) is 0.505. The van der Waals surface area contributed by atoms with E-state index in [4.69, 9.17) is 11.6 Å². The maximum Gasteiger partial charge on any atom is 0.0484 e. The Kier molecular flexibility index (Phi) is 4.18. The topological polar surface area (TPSA) is 0 Å². The molecule has 0 nitrogen and oxygen atoms in total. The van der Waals surface area contributed by atoms with Crippen molar-refractivity contribution in [1.82, 2.24) is 0 Å². The van der Waals surface area contributed by atoms with E-state index >= 15 is 0 Å². The molecule has 3 rings (SSSR count). The molecular weight excluding hydrogens is 276 g/mol. The zero-order valence-electron chi connectivity index (χ0n) is 11.5. The Labute approximate surface area is 130 Å². The molecule has 0 amide bonds. The molecule has 0 aliphatic rings. The minimum atomic E-state index is 0.767. The summed E-state index contributed by atoms with van der Waals surface area (Å²) >= 11 is 6.39. The highest BCUT2D eigenvalue weighted by Crippen LogP contribution is 2.30. The Morgan fingerprint density at radius 1 is 0.619 bits per heavy atom. The third-order valence-electron chi connectivity index (χ3n) is 3.38. The van der Waals surface area contributed by atoms with E-state index in [9.17, 15) is 0 Å². The first kappa shape index (κ1) is 13.7. The van der Waals surface area contributed by atoms with Gasteiger partial charge in [0.1, 0.15) is 0 Å². The van der Waals surface area contributed by atoms with Gasteiger partial charge in [-0.25, -0.2) is 0 Å². The minimum Gasteiger partial charge on any atom is -0.0837 e. The highest BCUT2D eigenvalue weighted by molar-refractivity contribution is 6.32. The number of hydrogen-bond donors (Lipinski definition) is 0. The number of hydrogen-bond acceptors (Lipinski definition) is 0.